The maximum Gasteiger partial charge on any atom is 0.246 e. The van der Waals surface area contributed by atoms with Crippen LogP contribution < -0.4 is 10.6 Å². The van der Waals surface area contributed by atoms with Crippen LogP contribution >= 0.6 is 15.9 Å². The Morgan fingerprint density at radius 3 is 2.41 bits per heavy atom. The van der Waals surface area contributed by atoms with E-state index in [1.165, 1.54) is 0 Å². The quantitative estimate of drug-likeness (QED) is 0.866. The van der Waals surface area contributed by atoms with E-state index in [4.69, 9.17) is 5.26 Å². The highest BCUT2D eigenvalue weighted by atomic mass is 79.9. The summed E-state index contributed by atoms with van der Waals surface area (Å²) < 4.78 is 1.03. The minimum atomic E-state index is -0.379. The van der Waals surface area contributed by atoms with Gasteiger partial charge in [0.1, 0.15) is 6.04 Å². The maximum absolute atomic E-state index is 12.2. The van der Waals surface area contributed by atoms with Crippen molar-refractivity contribution in [3.05, 3.63) is 58.1 Å². The lowest BCUT2D eigenvalue weighted by Crippen LogP contribution is -2.31. The first-order valence-electron chi connectivity index (χ1n) is 6.83. The van der Waals surface area contributed by atoms with Crippen molar-refractivity contribution in [2.45, 2.75) is 19.9 Å². The Morgan fingerprint density at radius 1 is 1.18 bits per heavy atom. The van der Waals surface area contributed by atoms with E-state index in [2.05, 4.69) is 26.6 Å². The molecule has 1 amide bonds. The molecule has 2 aromatic carbocycles. The Kier molecular flexibility index (Phi) is 5.18. The van der Waals surface area contributed by atoms with Gasteiger partial charge in [0.25, 0.3) is 0 Å². The Balaban J connectivity index is 1.99. The van der Waals surface area contributed by atoms with Crippen LogP contribution in [0.1, 0.15) is 18.1 Å². The first-order valence-corrected chi connectivity index (χ1v) is 7.62. The molecule has 0 saturated carbocycles. The number of halogens is 1. The summed E-state index contributed by atoms with van der Waals surface area (Å²) in [7, 11) is 0. The van der Waals surface area contributed by atoms with Crippen LogP contribution in [0, 0.1) is 18.3 Å². The number of nitriles is 1. The molecule has 0 aliphatic rings. The zero-order valence-electron chi connectivity index (χ0n) is 12.4. The average Bonchev–Trinajstić information content (AvgIpc) is 2.51. The fourth-order valence-corrected chi connectivity index (χ4v) is 2.18. The van der Waals surface area contributed by atoms with E-state index >= 15 is 0 Å². The predicted molar refractivity (Wildman–Crippen MR) is 91.8 cm³/mol. The van der Waals surface area contributed by atoms with Crippen molar-refractivity contribution in [3.8, 4) is 6.07 Å². The summed E-state index contributed by atoms with van der Waals surface area (Å²) in [5.74, 6) is -0.134. The van der Waals surface area contributed by atoms with Crippen molar-refractivity contribution in [2.75, 3.05) is 10.6 Å². The zero-order valence-corrected chi connectivity index (χ0v) is 13.9. The van der Waals surface area contributed by atoms with Crippen LogP contribution in [-0.2, 0) is 4.79 Å². The molecule has 0 radical (unpaired) electrons. The molecule has 1 atom stereocenters. The van der Waals surface area contributed by atoms with E-state index in [0.717, 1.165) is 15.7 Å². The number of carbonyl (C=O) groups is 1. The molecule has 2 N–H and O–H groups in total. The summed E-state index contributed by atoms with van der Waals surface area (Å²) in [5.41, 5.74) is 3.23. The minimum absolute atomic E-state index is 0.134. The van der Waals surface area contributed by atoms with Crippen molar-refractivity contribution in [2.24, 2.45) is 0 Å². The van der Waals surface area contributed by atoms with E-state index in [0.29, 0.717) is 11.3 Å². The molecular weight excluding hydrogens is 342 g/mol. The second-order valence-corrected chi connectivity index (χ2v) is 5.86. The number of nitrogens with one attached hydrogen (secondary N) is 2. The van der Waals surface area contributed by atoms with Gasteiger partial charge in [0.15, 0.2) is 0 Å². The second kappa shape index (κ2) is 7.10. The minimum Gasteiger partial charge on any atom is -0.374 e. The Morgan fingerprint density at radius 2 is 1.82 bits per heavy atom. The van der Waals surface area contributed by atoms with Gasteiger partial charge in [-0.05, 0) is 61.9 Å². The van der Waals surface area contributed by atoms with Gasteiger partial charge in [-0.25, -0.2) is 0 Å². The van der Waals surface area contributed by atoms with E-state index < -0.39 is 0 Å². The third kappa shape index (κ3) is 4.09. The van der Waals surface area contributed by atoms with Crippen LogP contribution in [0.25, 0.3) is 0 Å². The van der Waals surface area contributed by atoms with Crippen LogP contribution in [0.5, 0.6) is 0 Å². The molecule has 0 fully saturated rings. The SMILES string of the molecule is Cc1cc(N[C@@H](C)C(=O)Nc2ccc(C#N)cc2)ccc1Br. The molecule has 0 heterocycles. The molecule has 0 bridgehead atoms. The van der Waals surface area contributed by atoms with Crippen molar-refractivity contribution >= 4 is 33.2 Å². The normalized spacial score (nSPS) is 11.4. The number of rotatable bonds is 4. The monoisotopic (exact) mass is 357 g/mol. The smallest absolute Gasteiger partial charge is 0.246 e. The Bertz CT molecular complexity index is 720. The lowest BCUT2D eigenvalue weighted by atomic mass is 10.2. The number of carbonyl (C=O) groups excluding carboxylic acids is 1. The molecule has 0 unspecified atom stereocenters. The van der Waals surface area contributed by atoms with Gasteiger partial charge in [0, 0.05) is 15.8 Å². The fourth-order valence-electron chi connectivity index (χ4n) is 1.93. The van der Waals surface area contributed by atoms with Crippen LogP contribution in [0.4, 0.5) is 11.4 Å². The molecule has 4 nitrogen and oxygen atoms in total. The van der Waals surface area contributed by atoms with Gasteiger partial charge in [-0.15, -0.1) is 0 Å². The zero-order chi connectivity index (χ0) is 16.1. The topological polar surface area (TPSA) is 64.9 Å². The maximum atomic E-state index is 12.2. The summed E-state index contributed by atoms with van der Waals surface area (Å²) in [5, 5.41) is 14.7. The van der Waals surface area contributed by atoms with E-state index in [-0.39, 0.29) is 11.9 Å². The number of amides is 1. The van der Waals surface area contributed by atoms with E-state index in [1.54, 1.807) is 31.2 Å². The van der Waals surface area contributed by atoms with Crippen molar-refractivity contribution in [1.82, 2.24) is 0 Å². The number of aryl methyl sites for hydroxylation is 1. The molecule has 2 rings (SSSR count). The van der Waals surface area contributed by atoms with Crippen LogP contribution in [0.15, 0.2) is 46.9 Å². The summed E-state index contributed by atoms with van der Waals surface area (Å²) in [4.78, 5) is 12.2. The van der Waals surface area contributed by atoms with Gasteiger partial charge < -0.3 is 10.6 Å². The molecule has 112 valence electrons. The van der Waals surface area contributed by atoms with Crippen molar-refractivity contribution < 1.29 is 4.79 Å². The summed E-state index contributed by atoms with van der Waals surface area (Å²) >= 11 is 3.45. The Hall–Kier alpha value is -2.32. The van der Waals surface area contributed by atoms with Crippen LogP contribution in [0.3, 0.4) is 0 Å². The highest BCUT2D eigenvalue weighted by Crippen LogP contribution is 2.20. The van der Waals surface area contributed by atoms with Gasteiger partial charge >= 0.3 is 0 Å². The number of hydrogen-bond donors (Lipinski definition) is 2. The lowest BCUT2D eigenvalue weighted by Gasteiger charge is -2.16. The average molecular weight is 358 g/mol. The summed E-state index contributed by atoms with van der Waals surface area (Å²) in [6.07, 6.45) is 0. The standard InChI is InChI=1S/C17H16BrN3O/c1-11-9-15(7-8-16(11)18)20-12(2)17(22)21-14-5-3-13(10-19)4-6-14/h3-9,12,20H,1-2H3,(H,21,22)/t12-/m0/s1. The highest BCUT2D eigenvalue weighted by molar-refractivity contribution is 9.10. The molecule has 0 saturated heterocycles. The number of hydrogen-bond acceptors (Lipinski definition) is 3. The van der Waals surface area contributed by atoms with E-state index in [1.807, 2.05) is 31.2 Å². The van der Waals surface area contributed by atoms with Crippen molar-refractivity contribution in [1.29, 1.82) is 5.26 Å². The molecule has 0 aliphatic heterocycles. The molecule has 0 aliphatic carbocycles. The van der Waals surface area contributed by atoms with Crippen molar-refractivity contribution in [3.63, 3.8) is 0 Å². The second-order valence-electron chi connectivity index (χ2n) is 5.01. The van der Waals surface area contributed by atoms with Crippen LogP contribution in [0.2, 0.25) is 0 Å². The lowest BCUT2D eigenvalue weighted by molar-refractivity contribution is -0.116. The summed E-state index contributed by atoms with van der Waals surface area (Å²) in [6.45, 7) is 3.80. The third-order valence-corrected chi connectivity index (χ3v) is 4.11. The highest BCUT2D eigenvalue weighted by Gasteiger charge is 2.13. The van der Waals surface area contributed by atoms with Gasteiger partial charge in [-0.3, -0.25) is 4.79 Å². The predicted octanol–water partition coefficient (Wildman–Crippen LogP) is 4.07. The first kappa shape index (κ1) is 16.1. The van der Waals surface area contributed by atoms with Gasteiger partial charge in [-0.2, -0.15) is 5.26 Å². The van der Waals surface area contributed by atoms with Gasteiger partial charge in [-0.1, -0.05) is 15.9 Å². The van der Waals surface area contributed by atoms with Crippen LogP contribution in [-0.4, -0.2) is 11.9 Å². The molecule has 22 heavy (non-hydrogen) atoms. The fraction of sp³-hybridized carbons (Fsp3) is 0.176. The number of benzene rings is 2. The number of nitrogens with zero attached hydrogens (tertiary/aromatic N) is 1. The molecule has 0 aromatic heterocycles. The molecule has 5 heteroatoms. The molecule has 0 spiro atoms. The Labute approximate surface area is 138 Å². The molecular formula is C17H16BrN3O. The number of anilines is 2. The largest absolute Gasteiger partial charge is 0.374 e. The molecule has 2 aromatic rings. The first-order chi connectivity index (χ1) is 10.5. The van der Waals surface area contributed by atoms with Gasteiger partial charge in [0.05, 0.1) is 11.6 Å². The van der Waals surface area contributed by atoms with E-state index in [9.17, 15) is 4.79 Å². The summed E-state index contributed by atoms with van der Waals surface area (Å²) in [6, 6.07) is 14.3. The third-order valence-electron chi connectivity index (χ3n) is 3.22. The van der Waals surface area contributed by atoms with Gasteiger partial charge in [0.2, 0.25) is 5.91 Å².